The third kappa shape index (κ3) is 5.30. The number of nitrogens with one attached hydrogen (secondary N) is 1. The highest BCUT2D eigenvalue weighted by atomic mass is 32.1. The molecule has 172 valence electrons. The third-order valence-corrected chi connectivity index (χ3v) is 7.19. The topological polar surface area (TPSA) is 75.2 Å². The monoisotopic (exact) mass is 462 g/mol. The van der Waals surface area contributed by atoms with Gasteiger partial charge in [0, 0.05) is 36.7 Å². The Morgan fingerprint density at radius 1 is 1.15 bits per heavy atom. The van der Waals surface area contributed by atoms with Crippen molar-refractivity contribution in [3.05, 3.63) is 64.9 Å². The van der Waals surface area contributed by atoms with Gasteiger partial charge in [0.2, 0.25) is 5.91 Å². The lowest BCUT2D eigenvalue weighted by Gasteiger charge is -2.32. The molecule has 3 heterocycles. The molecule has 33 heavy (non-hydrogen) atoms. The third-order valence-electron chi connectivity index (χ3n) is 6.00. The number of anilines is 1. The summed E-state index contributed by atoms with van der Waals surface area (Å²) in [6, 6.07) is 11.8. The zero-order valence-corrected chi connectivity index (χ0v) is 20.4. The molecule has 1 unspecified atom stereocenters. The number of piperidine rings is 1. The molecule has 2 amide bonds. The Hall–Kier alpha value is -3.06. The first-order valence-corrected chi connectivity index (χ1v) is 12.1. The van der Waals surface area contributed by atoms with E-state index in [4.69, 9.17) is 0 Å². The number of thiazole rings is 1. The minimum absolute atomic E-state index is 0.0342. The number of hydrogen-bond acceptors (Lipinski definition) is 5. The van der Waals surface area contributed by atoms with Crippen LogP contribution in [0.25, 0.3) is 10.6 Å². The van der Waals surface area contributed by atoms with E-state index in [1.54, 1.807) is 17.3 Å². The fourth-order valence-electron chi connectivity index (χ4n) is 4.02. The number of rotatable bonds is 4. The van der Waals surface area contributed by atoms with Crippen LogP contribution in [-0.2, 0) is 10.2 Å². The van der Waals surface area contributed by atoms with E-state index >= 15 is 0 Å². The van der Waals surface area contributed by atoms with E-state index in [9.17, 15) is 9.59 Å². The molecule has 0 spiro atoms. The summed E-state index contributed by atoms with van der Waals surface area (Å²) in [6.45, 7) is 9.43. The predicted molar refractivity (Wildman–Crippen MR) is 132 cm³/mol. The molecule has 0 saturated carbocycles. The van der Waals surface area contributed by atoms with Gasteiger partial charge in [-0.2, -0.15) is 0 Å². The smallest absolute Gasteiger partial charge is 0.265 e. The van der Waals surface area contributed by atoms with Gasteiger partial charge in [0.1, 0.15) is 9.88 Å². The van der Waals surface area contributed by atoms with E-state index in [1.807, 2.05) is 31.2 Å². The highest BCUT2D eigenvalue weighted by Crippen LogP contribution is 2.30. The van der Waals surface area contributed by atoms with Crippen LogP contribution in [0, 0.1) is 12.8 Å². The van der Waals surface area contributed by atoms with Gasteiger partial charge in [-0.25, -0.2) is 4.98 Å². The second-order valence-electron chi connectivity index (χ2n) is 9.58. The van der Waals surface area contributed by atoms with Crippen LogP contribution in [0.1, 0.15) is 54.5 Å². The van der Waals surface area contributed by atoms with Gasteiger partial charge in [-0.1, -0.05) is 32.9 Å². The van der Waals surface area contributed by atoms with Crippen molar-refractivity contribution in [2.75, 3.05) is 18.4 Å². The Morgan fingerprint density at radius 2 is 1.91 bits per heavy atom. The molecule has 1 fully saturated rings. The van der Waals surface area contributed by atoms with Crippen molar-refractivity contribution in [3.8, 4) is 10.6 Å². The first-order valence-electron chi connectivity index (χ1n) is 11.3. The van der Waals surface area contributed by atoms with Crippen molar-refractivity contribution in [2.24, 2.45) is 5.92 Å². The summed E-state index contributed by atoms with van der Waals surface area (Å²) < 4.78 is 0. The van der Waals surface area contributed by atoms with Gasteiger partial charge in [0.25, 0.3) is 5.91 Å². The fourth-order valence-corrected chi connectivity index (χ4v) is 5.05. The molecule has 0 aliphatic carbocycles. The number of aromatic nitrogens is 2. The maximum Gasteiger partial charge on any atom is 0.265 e. The summed E-state index contributed by atoms with van der Waals surface area (Å²) in [5, 5.41) is 3.82. The van der Waals surface area contributed by atoms with E-state index in [0.29, 0.717) is 18.0 Å². The maximum atomic E-state index is 13.3. The number of aryl methyl sites for hydroxylation is 1. The van der Waals surface area contributed by atoms with Crippen LogP contribution in [0.15, 0.2) is 48.8 Å². The fraction of sp³-hybridized carbons (Fsp3) is 0.385. The number of benzene rings is 1. The molecule has 4 rings (SSSR count). The molecule has 1 aromatic carbocycles. The predicted octanol–water partition coefficient (Wildman–Crippen LogP) is 5.30. The van der Waals surface area contributed by atoms with Crippen molar-refractivity contribution in [2.45, 2.75) is 46.0 Å². The number of likely N-dealkylation sites (tertiary alicyclic amines) is 1. The number of amides is 2. The molecule has 1 N–H and O–H groups in total. The zero-order valence-electron chi connectivity index (χ0n) is 19.6. The summed E-state index contributed by atoms with van der Waals surface area (Å²) in [7, 11) is 0. The lowest BCUT2D eigenvalue weighted by Crippen LogP contribution is -2.43. The number of carbonyl (C=O) groups excluding carboxylic acids is 2. The summed E-state index contributed by atoms with van der Waals surface area (Å²) in [5.41, 5.74) is 3.70. The minimum Gasteiger partial charge on any atom is -0.337 e. The van der Waals surface area contributed by atoms with Crippen LogP contribution in [0.3, 0.4) is 0 Å². The standard InChI is InChI=1S/C26H30N4O2S/c1-17-22(33-24(28-17)18-7-5-13-27-15-18)25(32)30-14-6-8-19(16-30)23(31)29-21-11-9-20(10-12-21)26(2,3)4/h5,7,9-13,15,19H,6,8,14,16H2,1-4H3,(H,29,31). The highest BCUT2D eigenvalue weighted by molar-refractivity contribution is 7.17. The minimum atomic E-state index is -0.226. The molecular weight excluding hydrogens is 432 g/mol. The van der Waals surface area contributed by atoms with E-state index in [-0.39, 0.29) is 23.1 Å². The van der Waals surface area contributed by atoms with Crippen LogP contribution in [-0.4, -0.2) is 39.8 Å². The maximum absolute atomic E-state index is 13.3. The largest absolute Gasteiger partial charge is 0.337 e. The molecule has 0 bridgehead atoms. The molecular formula is C26H30N4O2S. The van der Waals surface area contributed by atoms with Crippen LogP contribution in [0.2, 0.25) is 0 Å². The average Bonchev–Trinajstić information content (AvgIpc) is 3.20. The van der Waals surface area contributed by atoms with Crippen molar-refractivity contribution >= 4 is 28.8 Å². The molecule has 3 aromatic rings. The Bertz CT molecular complexity index is 1130. The van der Waals surface area contributed by atoms with E-state index in [2.05, 4.69) is 48.2 Å². The molecule has 6 nitrogen and oxygen atoms in total. The van der Waals surface area contributed by atoms with Gasteiger partial charge in [0.15, 0.2) is 0 Å². The molecule has 0 radical (unpaired) electrons. The number of pyridine rings is 1. The molecule has 1 aliphatic heterocycles. The van der Waals surface area contributed by atoms with Crippen LogP contribution in [0.4, 0.5) is 5.69 Å². The van der Waals surface area contributed by atoms with Gasteiger partial charge in [-0.15, -0.1) is 11.3 Å². The summed E-state index contributed by atoms with van der Waals surface area (Å²) in [4.78, 5) is 37.4. The Morgan fingerprint density at radius 3 is 2.58 bits per heavy atom. The number of carbonyl (C=O) groups is 2. The van der Waals surface area contributed by atoms with Crippen molar-refractivity contribution < 1.29 is 9.59 Å². The zero-order chi connectivity index (χ0) is 23.6. The van der Waals surface area contributed by atoms with Gasteiger partial charge in [-0.3, -0.25) is 14.6 Å². The normalized spacial score (nSPS) is 16.5. The van der Waals surface area contributed by atoms with Gasteiger partial charge < -0.3 is 10.2 Å². The second kappa shape index (κ2) is 9.43. The Kier molecular flexibility index (Phi) is 6.61. The lowest BCUT2D eigenvalue weighted by atomic mass is 9.87. The van der Waals surface area contributed by atoms with Crippen molar-refractivity contribution in [1.82, 2.24) is 14.9 Å². The summed E-state index contributed by atoms with van der Waals surface area (Å²) in [6.07, 6.45) is 5.05. The summed E-state index contributed by atoms with van der Waals surface area (Å²) >= 11 is 1.39. The Labute approximate surface area is 199 Å². The quantitative estimate of drug-likeness (QED) is 0.571. The molecule has 1 atom stereocenters. The molecule has 1 aliphatic rings. The van der Waals surface area contributed by atoms with Crippen molar-refractivity contribution in [1.29, 1.82) is 0 Å². The second-order valence-corrected chi connectivity index (χ2v) is 10.6. The van der Waals surface area contributed by atoms with E-state index in [1.165, 1.54) is 16.9 Å². The number of hydrogen-bond donors (Lipinski definition) is 1. The van der Waals surface area contributed by atoms with Crippen LogP contribution < -0.4 is 5.32 Å². The first-order chi connectivity index (χ1) is 15.7. The van der Waals surface area contributed by atoms with Gasteiger partial charge in [0.05, 0.1) is 11.6 Å². The summed E-state index contributed by atoms with van der Waals surface area (Å²) in [5.74, 6) is -0.309. The SMILES string of the molecule is Cc1nc(-c2cccnc2)sc1C(=O)N1CCCC(C(=O)Nc2ccc(C(C)(C)C)cc2)C1. The van der Waals surface area contributed by atoms with Crippen LogP contribution in [0.5, 0.6) is 0 Å². The van der Waals surface area contributed by atoms with Crippen LogP contribution >= 0.6 is 11.3 Å². The Balaban J connectivity index is 1.42. The van der Waals surface area contributed by atoms with Crippen molar-refractivity contribution in [3.63, 3.8) is 0 Å². The molecule has 2 aromatic heterocycles. The van der Waals surface area contributed by atoms with Gasteiger partial charge >= 0.3 is 0 Å². The highest BCUT2D eigenvalue weighted by Gasteiger charge is 2.31. The molecule has 7 heteroatoms. The number of nitrogens with zero attached hydrogens (tertiary/aromatic N) is 3. The first kappa shape index (κ1) is 23.1. The average molecular weight is 463 g/mol. The lowest BCUT2D eigenvalue weighted by molar-refractivity contribution is -0.121. The van der Waals surface area contributed by atoms with E-state index in [0.717, 1.165) is 34.8 Å². The molecule has 1 saturated heterocycles. The van der Waals surface area contributed by atoms with E-state index < -0.39 is 0 Å². The van der Waals surface area contributed by atoms with Gasteiger partial charge in [-0.05, 0) is 55.0 Å².